The highest BCUT2D eigenvalue weighted by Crippen LogP contribution is 2.27. The third kappa shape index (κ3) is 6.00. The van der Waals surface area contributed by atoms with Crippen LogP contribution in [0, 0.1) is 0 Å². The number of carbonyl (C=O) groups is 3. The number of amides is 2. The summed E-state index contributed by atoms with van der Waals surface area (Å²) in [4.78, 5) is 41.4. The molecule has 0 saturated heterocycles. The molecule has 5 rings (SSSR count). The zero-order valence-corrected chi connectivity index (χ0v) is 21.8. The van der Waals surface area contributed by atoms with Crippen molar-refractivity contribution in [3.05, 3.63) is 83.8 Å². The van der Waals surface area contributed by atoms with E-state index in [0.717, 1.165) is 37.6 Å². The van der Waals surface area contributed by atoms with E-state index in [4.69, 9.17) is 9.15 Å². The van der Waals surface area contributed by atoms with E-state index >= 15 is 0 Å². The Morgan fingerprint density at radius 3 is 2.54 bits per heavy atom. The van der Waals surface area contributed by atoms with Gasteiger partial charge >= 0.3 is 5.97 Å². The van der Waals surface area contributed by atoms with E-state index < -0.39 is 12.0 Å². The number of rotatable bonds is 9. The maximum Gasteiger partial charge on any atom is 0.337 e. The smallest absolute Gasteiger partial charge is 0.337 e. The van der Waals surface area contributed by atoms with Crippen molar-refractivity contribution in [3.8, 4) is 0 Å². The lowest BCUT2D eigenvalue weighted by Gasteiger charge is -2.33. The highest BCUT2D eigenvalue weighted by molar-refractivity contribution is 5.91. The summed E-state index contributed by atoms with van der Waals surface area (Å²) >= 11 is 0. The summed E-state index contributed by atoms with van der Waals surface area (Å²) in [6.45, 7) is -0.0470. The molecular formula is C29H31N5O5. The van der Waals surface area contributed by atoms with Gasteiger partial charge in [-0.15, -0.1) is 5.10 Å². The Balaban J connectivity index is 1.51. The molecule has 202 valence electrons. The quantitative estimate of drug-likeness (QED) is 0.325. The van der Waals surface area contributed by atoms with Gasteiger partial charge in [-0.1, -0.05) is 48.7 Å². The van der Waals surface area contributed by atoms with Crippen molar-refractivity contribution in [2.45, 2.75) is 57.3 Å². The number of ether oxygens (including phenoxy) is 1. The predicted octanol–water partition coefficient (Wildman–Crippen LogP) is 4.03. The van der Waals surface area contributed by atoms with Gasteiger partial charge in [0, 0.05) is 6.04 Å². The summed E-state index contributed by atoms with van der Waals surface area (Å²) in [6, 6.07) is 16.5. The summed E-state index contributed by atoms with van der Waals surface area (Å²) in [7, 11) is 1.31. The lowest BCUT2D eigenvalue weighted by atomic mass is 9.94. The molecule has 1 fully saturated rings. The highest BCUT2D eigenvalue weighted by Gasteiger charge is 2.34. The first kappa shape index (κ1) is 26.1. The van der Waals surface area contributed by atoms with E-state index in [1.165, 1.54) is 23.0 Å². The number of esters is 1. The molecule has 2 amide bonds. The number of hydrogen-bond acceptors (Lipinski definition) is 7. The van der Waals surface area contributed by atoms with Crippen LogP contribution >= 0.6 is 0 Å². The number of carbonyl (C=O) groups excluding carboxylic acids is 3. The molecule has 0 aliphatic heterocycles. The van der Waals surface area contributed by atoms with Crippen molar-refractivity contribution >= 4 is 28.8 Å². The number of benzene rings is 2. The van der Waals surface area contributed by atoms with Crippen molar-refractivity contribution in [3.63, 3.8) is 0 Å². The molecule has 1 atom stereocenters. The molecule has 4 aromatic rings. The van der Waals surface area contributed by atoms with Gasteiger partial charge in [-0.3, -0.25) is 9.59 Å². The monoisotopic (exact) mass is 529 g/mol. The number of fused-ring (bicyclic) bond motifs is 1. The van der Waals surface area contributed by atoms with Crippen LogP contribution < -0.4 is 5.32 Å². The van der Waals surface area contributed by atoms with Crippen molar-refractivity contribution in [2.24, 2.45) is 0 Å². The summed E-state index contributed by atoms with van der Waals surface area (Å²) in [5.41, 5.74) is 2.31. The minimum absolute atomic E-state index is 0.0444. The molecule has 0 unspecified atom stereocenters. The molecule has 10 nitrogen and oxygen atoms in total. The topological polar surface area (TPSA) is 120 Å². The largest absolute Gasteiger partial charge is 0.467 e. The van der Waals surface area contributed by atoms with Crippen molar-refractivity contribution in [1.82, 2.24) is 25.2 Å². The summed E-state index contributed by atoms with van der Waals surface area (Å²) in [6.07, 6.45) is 6.59. The molecule has 1 saturated carbocycles. The maximum absolute atomic E-state index is 14.0. The Hall–Kier alpha value is -4.47. The third-order valence-electron chi connectivity index (χ3n) is 7.09. The first-order valence-electron chi connectivity index (χ1n) is 13.1. The first-order chi connectivity index (χ1) is 19.0. The fourth-order valence-corrected chi connectivity index (χ4v) is 5.07. The number of para-hydroxylation sites is 1. The van der Waals surface area contributed by atoms with Crippen molar-refractivity contribution in [1.29, 1.82) is 0 Å². The predicted molar refractivity (Wildman–Crippen MR) is 142 cm³/mol. The lowest BCUT2D eigenvalue weighted by molar-refractivity contribution is -0.142. The summed E-state index contributed by atoms with van der Waals surface area (Å²) in [5, 5.41) is 11.5. The minimum atomic E-state index is -0.967. The van der Waals surface area contributed by atoms with Crippen LogP contribution in [-0.2, 0) is 27.4 Å². The van der Waals surface area contributed by atoms with Crippen LogP contribution in [0.5, 0.6) is 0 Å². The molecule has 0 bridgehead atoms. The van der Waals surface area contributed by atoms with Gasteiger partial charge in [0.25, 0.3) is 0 Å². The van der Waals surface area contributed by atoms with Gasteiger partial charge in [0.05, 0.1) is 31.0 Å². The molecule has 1 N–H and O–H groups in total. The Morgan fingerprint density at radius 2 is 1.82 bits per heavy atom. The molecular weight excluding hydrogens is 498 g/mol. The summed E-state index contributed by atoms with van der Waals surface area (Å²) in [5.74, 6) is -0.557. The van der Waals surface area contributed by atoms with Crippen LogP contribution in [0.3, 0.4) is 0 Å². The minimum Gasteiger partial charge on any atom is -0.467 e. The van der Waals surface area contributed by atoms with Crippen LogP contribution in [0.2, 0.25) is 0 Å². The summed E-state index contributed by atoms with van der Waals surface area (Å²) < 4.78 is 11.9. The second kappa shape index (κ2) is 11.9. The number of methoxy groups -OCH3 is 1. The first-order valence-corrected chi connectivity index (χ1v) is 13.1. The fourth-order valence-electron chi connectivity index (χ4n) is 5.07. The van der Waals surface area contributed by atoms with Crippen LogP contribution in [0.4, 0.5) is 0 Å². The Labute approximate surface area is 225 Å². The van der Waals surface area contributed by atoms with Crippen molar-refractivity contribution in [2.75, 3.05) is 7.11 Å². The molecule has 2 aromatic carbocycles. The van der Waals surface area contributed by atoms with Gasteiger partial charge < -0.3 is 19.4 Å². The molecule has 2 heterocycles. The Morgan fingerprint density at radius 1 is 1.05 bits per heavy atom. The lowest BCUT2D eigenvalue weighted by Crippen LogP contribution is -2.47. The SMILES string of the molecule is COC(=O)c1ccc([C@H](C(=O)NC2CCCCC2)N(Cc2ccco2)C(=O)Cn2nnc3ccccc32)cc1. The van der Waals surface area contributed by atoms with E-state index in [2.05, 4.69) is 15.6 Å². The van der Waals surface area contributed by atoms with Gasteiger partial charge in [0.2, 0.25) is 11.8 Å². The number of furan rings is 1. The van der Waals surface area contributed by atoms with Gasteiger partial charge in [-0.25, -0.2) is 9.48 Å². The molecule has 2 aromatic heterocycles. The zero-order valence-electron chi connectivity index (χ0n) is 21.8. The number of nitrogens with one attached hydrogen (secondary N) is 1. The standard InChI is InChI=1S/C29H31N5O5/c1-38-29(37)21-15-13-20(14-16-21)27(28(36)30-22-8-3-2-4-9-22)33(18-23-10-7-17-39-23)26(35)19-34-25-12-6-5-11-24(25)31-32-34/h5-7,10-17,22,27H,2-4,8-9,18-19H2,1H3,(H,30,36)/t27-/m1/s1. The second-order valence-corrected chi connectivity index (χ2v) is 9.70. The van der Waals surface area contributed by atoms with Crippen LogP contribution in [0.1, 0.15) is 59.8 Å². The van der Waals surface area contributed by atoms with Gasteiger partial charge in [-0.2, -0.15) is 0 Å². The van der Waals surface area contributed by atoms with Crippen molar-refractivity contribution < 1.29 is 23.5 Å². The van der Waals surface area contributed by atoms with Crippen LogP contribution in [0.25, 0.3) is 11.0 Å². The molecule has 10 heteroatoms. The van der Waals surface area contributed by atoms with E-state index in [1.807, 2.05) is 24.3 Å². The normalized spacial score (nSPS) is 14.6. The van der Waals surface area contributed by atoms with E-state index in [9.17, 15) is 14.4 Å². The number of hydrogen-bond donors (Lipinski definition) is 1. The van der Waals surface area contributed by atoms with Gasteiger partial charge in [0.15, 0.2) is 0 Å². The Bertz CT molecular complexity index is 1420. The zero-order chi connectivity index (χ0) is 27.2. The average molecular weight is 530 g/mol. The van der Waals surface area contributed by atoms with Gasteiger partial charge in [-0.05, 0) is 54.8 Å². The Kier molecular flexibility index (Phi) is 8.00. The second-order valence-electron chi connectivity index (χ2n) is 9.70. The maximum atomic E-state index is 14.0. The average Bonchev–Trinajstić information content (AvgIpc) is 3.63. The van der Waals surface area contributed by atoms with Crippen LogP contribution in [-0.4, -0.2) is 50.8 Å². The molecule has 39 heavy (non-hydrogen) atoms. The molecule has 1 aliphatic rings. The molecule has 1 aliphatic carbocycles. The van der Waals surface area contributed by atoms with Crippen LogP contribution in [0.15, 0.2) is 71.3 Å². The van der Waals surface area contributed by atoms with E-state index in [1.54, 1.807) is 36.4 Å². The number of aromatic nitrogens is 3. The van der Waals surface area contributed by atoms with E-state index in [0.29, 0.717) is 22.4 Å². The molecule has 0 radical (unpaired) electrons. The molecule has 0 spiro atoms. The fraction of sp³-hybridized carbons (Fsp3) is 0.345. The van der Waals surface area contributed by atoms with E-state index in [-0.39, 0.29) is 30.9 Å². The third-order valence-corrected chi connectivity index (χ3v) is 7.09. The highest BCUT2D eigenvalue weighted by atomic mass is 16.5. The van der Waals surface area contributed by atoms with Gasteiger partial charge in [0.1, 0.15) is 23.9 Å². The number of nitrogens with zero attached hydrogens (tertiary/aromatic N) is 4.